The van der Waals surface area contributed by atoms with Crippen LogP contribution in [0.1, 0.15) is 30.3 Å². The Bertz CT molecular complexity index is 629. The van der Waals surface area contributed by atoms with E-state index >= 15 is 0 Å². The van der Waals surface area contributed by atoms with Crippen molar-refractivity contribution in [2.24, 2.45) is 4.99 Å². The molecule has 3 rings (SSSR count). The maximum atomic E-state index is 4.77. The maximum Gasteiger partial charge on any atom is 0.191 e. The van der Waals surface area contributed by atoms with Gasteiger partial charge in [0.15, 0.2) is 11.1 Å². The van der Waals surface area contributed by atoms with Crippen LogP contribution >= 0.6 is 22.7 Å². The first-order chi connectivity index (χ1) is 11.8. The summed E-state index contributed by atoms with van der Waals surface area (Å²) in [5.41, 5.74) is 1.17. The molecule has 0 bridgehead atoms. The third-order valence-electron chi connectivity index (χ3n) is 3.91. The van der Waals surface area contributed by atoms with Crippen LogP contribution in [0.2, 0.25) is 0 Å². The van der Waals surface area contributed by atoms with E-state index in [9.17, 15) is 0 Å². The van der Waals surface area contributed by atoms with Crippen molar-refractivity contribution in [2.45, 2.75) is 32.7 Å². The van der Waals surface area contributed by atoms with E-state index < -0.39 is 0 Å². The Labute approximate surface area is 151 Å². The fourth-order valence-electron chi connectivity index (χ4n) is 2.68. The molecule has 1 fully saturated rings. The van der Waals surface area contributed by atoms with Crippen LogP contribution in [-0.4, -0.2) is 37.1 Å². The van der Waals surface area contributed by atoms with Crippen molar-refractivity contribution in [1.29, 1.82) is 0 Å². The van der Waals surface area contributed by atoms with Crippen molar-refractivity contribution < 1.29 is 0 Å². The number of nitrogens with one attached hydrogen (secondary N) is 2. The van der Waals surface area contributed by atoms with Crippen LogP contribution in [0.3, 0.4) is 0 Å². The van der Waals surface area contributed by atoms with Gasteiger partial charge in [0.1, 0.15) is 0 Å². The molecule has 2 N–H and O–H groups in total. The maximum absolute atomic E-state index is 4.77. The number of aliphatic imine (C=N–C) groups is 1. The van der Waals surface area contributed by atoms with Crippen molar-refractivity contribution in [3.63, 3.8) is 0 Å². The first-order valence-electron chi connectivity index (χ1n) is 8.59. The SMILES string of the molecule is CCNC(=NCc1cccs1)NCCc1csc(N2CCCC2)n1. The van der Waals surface area contributed by atoms with Gasteiger partial charge in [0, 0.05) is 42.9 Å². The first-order valence-corrected chi connectivity index (χ1v) is 10.3. The second kappa shape index (κ2) is 9.03. The molecule has 1 saturated heterocycles. The van der Waals surface area contributed by atoms with Crippen molar-refractivity contribution in [3.8, 4) is 0 Å². The zero-order chi connectivity index (χ0) is 16.6. The highest BCUT2D eigenvalue weighted by Gasteiger charge is 2.15. The Hall–Kier alpha value is -1.60. The first kappa shape index (κ1) is 17.2. The van der Waals surface area contributed by atoms with Gasteiger partial charge in [-0.25, -0.2) is 9.98 Å². The summed E-state index contributed by atoms with van der Waals surface area (Å²) in [7, 11) is 0. The number of anilines is 1. The van der Waals surface area contributed by atoms with Gasteiger partial charge in [-0.1, -0.05) is 6.07 Å². The molecule has 0 saturated carbocycles. The molecular formula is C17H25N5S2. The topological polar surface area (TPSA) is 52.6 Å². The lowest BCUT2D eigenvalue weighted by atomic mass is 10.3. The molecule has 7 heteroatoms. The number of rotatable bonds is 7. The second-order valence-corrected chi connectivity index (χ2v) is 7.64. The summed E-state index contributed by atoms with van der Waals surface area (Å²) in [6.07, 6.45) is 3.51. The van der Waals surface area contributed by atoms with E-state index in [1.165, 1.54) is 28.5 Å². The fraction of sp³-hybridized carbons (Fsp3) is 0.529. The average molecular weight is 364 g/mol. The Kier molecular flexibility index (Phi) is 6.48. The normalized spacial score (nSPS) is 15.0. The molecule has 5 nitrogen and oxygen atoms in total. The van der Waals surface area contributed by atoms with Crippen LogP contribution in [0.15, 0.2) is 27.9 Å². The molecule has 2 aromatic rings. The van der Waals surface area contributed by atoms with E-state index in [0.717, 1.165) is 45.1 Å². The van der Waals surface area contributed by atoms with Gasteiger partial charge in [0.25, 0.3) is 0 Å². The van der Waals surface area contributed by atoms with E-state index in [-0.39, 0.29) is 0 Å². The number of guanidine groups is 1. The molecule has 0 atom stereocenters. The van der Waals surface area contributed by atoms with E-state index in [4.69, 9.17) is 4.98 Å². The molecular weight excluding hydrogens is 338 g/mol. The highest BCUT2D eigenvalue weighted by Crippen LogP contribution is 2.24. The van der Waals surface area contributed by atoms with Crippen LogP contribution in [0.4, 0.5) is 5.13 Å². The monoisotopic (exact) mass is 363 g/mol. The van der Waals surface area contributed by atoms with E-state index in [2.05, 4.69) is 50.3 Å². The molecule has 0 radical (unpaired) electrons. The van der Waals surface area contributed by atoms with Gasteiger partial charge >= 0.3 is 0 Å². The lowest BCUT2D eigenvalue weighted by Gasteiger charge is -2.12. The fourth-order valence-corrected chi connectivity index (χ4v) is 4.22. The van der Waals surface area contributed by atoms with E-state index in [0.29, 0.717) is 0 Å². The van der Waals surface area contributed by atoms with Crippen LogP contribution in [-0.2, 0) is 13.0 Å². The minimum absolute atomic E-state index is 0.725. The predicted molar refractivity (Wildman–Crippen MR) is 104 cm³/mol. The van der Waals surface area contributed by atoms with Crippen molar-refractivity contribution >= 4 is 33.8 Å². The molecule has 3 heterocycles. The second-order valence-electron chi connectivity index (χ2n) is 5.77. The van der Waals surface area contributed by atoms with Crippen LogP contribution < -0.4 is 15.5 Å². The zero-order valence-corrected chi connectivity index (χ0v) is 15.8. The van der Waals surface area contributed by atoms with E-state index in [1.54, 1.807) is 22.7 Å². The van der Waals surface area contributed by atoms with Crippen LogP contribution in [0.25, 0.3) is 0 Å². The quantitative estimate of drug-likeness (QED) is 0.586. The number of thiophene rings is 1. The Morgan fingerprint density at radius 2 is 2.17 bits per heavy atom. The summed E-state index contributed by atoms with van der Waals surface area (Å²) in [4.78, 5) is 13.1. The smallest absolute Gasteiger partial charge is 0.191 e. The molecule has 0 aliphatic carbocycles. The molecule has 0 amide bonds. The highest BCUT2D eigenvalue weighted by atomic mass is 32.1. The standard InChI is InChI=1S/C17H25N5S2/c1-2-18-16(20-12-15-6-5-11-23-15)19-8-7-14-13-24-17(21-14)22-9-3-4-10-22/h5-6,11,13H,2-4,7-10,12H2,1H3,(H2,18,19,20). The minimum Gasteiger partial charge on any atom is -0.357 e. The summed E-state index contributed by atoms with van der Waals surface area (Å²) < 4.78 is 0. The van der Waals surface area contributed by atoms with Gasteiger partial charge in [-0.2, -0.15) is 0 Å². The summed E-state index contributed by atoms with van der Waals surface area (Å²) in [6.45, 7) is 6.84. The summed E-state index contributed by atoms with van der Waals surface area (Å²) in [5.74, 6) is 0.876. The van der Waals surface area contributed by atoms with Crippen LogP contribution in [0, 0.1) is 0 Å². The summed E-state index contributed by atoms with van der Waals surface area (Å²) in [5, 5.41) is 12.2. The molecule has 0 spiro atoms. The number of thiazole rings is 1. The minimum atomic E-state index is 0.725. The number of aromatic nitrogens is 1. The largest absolute Gasteiger partial charge is 0.357 e. The molecule has 24 heavy (non-hydrogen) atoms. The van der Waals surface area contributed by atoms with Crippen molar-refractivity contribution in [3.05, 3.63) is 33.5 Å². The van der Waals surface area contributed by atoms with Crippen LogP contribution in [0.5, 0.6) is 0 Å². The third-order valence-corrected chi connectivity index (χ3v) is 5.72. The van der Waals surface area contributed by atoms with Crippen molar-refractivity contribution in [1.82, 2.24) is 15.6 Å². The average Bonchev–Trinajstić information content (AvgIpc) is 3.33. The Morgan fingerprint density at radius 3 is 2.92 bits per heavy atom. The Balaban J connectivity index is 1.47. The Morgan fingerprint density at radius 1 is 1.29 bits per heavy atom. The number of hydrogen-bond donors (Lipinski definition) is 2. The molecule has 0 unspecified atom stereocenters. The molecule has 1 aliphatic heterocycles. The molecule has 2 aromatic heterocycles. The summed E-state index contributed by atoms with van der Waals surface area (Å²) >= 11 is 3.51. The van der Waals surface area contributed by atoms with Gasteiger partial charge in [-0.05, 0) is 31.2 Å². The summed E-state index contributed by atoms with van der Waals surface area (Å²) in [6, 6.07) is 4.18. The number of hydrogen-bond acceptors (Lipinski definition) is 5. The van der Waals surface area contributed by atoms with Gasteiger partial charge < -0.3 is 15.5 Å². The molecule has 1 aliphatic rings. The van der Waals surface area contributed by atoms with Gasteiger partial charge in [-0.3, -0.25) is 0 Å². The molecule has 130 valence electrons. The number of nitrogens with zero attached hydrogens (tertiary/aromatic N) is 3. The van der Waals surface area contributed by atoms with Gasteiger partial charge in [0.2, 0.25) is 0 Å². The van der Waals surface area contributed by atoms with Gasteiger partial charge in [-0.15, -0.1) is 22.7 Å². The zero-order valence-electron chi connectivity index (χ0n) is 14.1. The predicted octanol–water partition coefficient (Wildman–Crippen LogP) is 3.10. The lowest BCUT2D eigenvalue weighted by Crippen LogP contribution is -2.38. The lowest BCUT2D eigenvalue weighted by molar-refractivity contribution is 0.790. The van der Waals surface area contributed by atoms with E-state index in [1.807, 2.05) is 0 Å². The third kappa shape index (κ3) is 4.95. The van der Waals surface area contributed by atoms with Gasteiger partial charge in [0.05, 0.1) is 12.2 Å². The molecule has 0 aromatic carbocycles. The highest BCUT2D eigenvalue weighted by molar-refractivity contribution is 7.13. The van der Waals surface area contributed by atoms with Crippen molar-refractivity contribution in [2.75, 3.05) is 31.1 Å².